The average molecular weight is 585 g/mol. The highest BCUT2D eigenvalue weighted by atomic mass is 16.2. The second-order valence-electron chi connectivity index (χ2n) is 10.7. The van der Waals surface area contributed by atoms with Crippen molar-refractivity contribution in [1.29, 1.82) is 0 Å². The molecule has 0 radical (unpaired) electrons. The van der Waals surface area contributed by atoms with Gasteiger partial charge in [0, 0.05) is 31.1 Å². The van der Waals surface area contributed by atoms with Crippen LogP contribution in [0.3, 0.4) is 0 Å². The van der Waals surface area contributed by atoms with Crippen LogP contribution >= 0.6 is 0 Å². The zero-order chi connectivity index (χ0) is 30.9. The fraction of sp³-hybridized carbons (Fsp3) is 0.162. The lowest BCUT2D eigenvalue weighted by molar-refractivity contribution is 0.0949. The van der Waals surface area contributed by atoms with Crippen LogP contribution in [0.2, 0.25) is 0 Å². The third-order valence-corrected chi connectivity index (χ3v) is 7.78. The number of hydrogen-bond acceptors (Lipinski definition) is 4. The Morgan fingerprint density at radius 1 is 0.795 bits per heavy atom. The quantitative estimate of drug-likeness (QED) is 0.235. The smallest absolute Gasteiger partial charge is 0.274 e. The van der Waals surface area contributed by atoms with E-state index in [0.717, 1.165) is 12.0 Å². The number of amides is 1. The van der Waals surface area contributed by atoms with Crippen molar-refractivity contribution in [3.05, 3.63) is 174 Å². The molecule has 44 heavy (non-hydrogen) atoms. The first-order valence-corrected chi connectivity index (χ1v) is 14.7. The molecular weight excluding hydrogens is 548 g/mol. The summed E-state index contributed by atoms with van der Waals surface area (Å²) < 4.78 is 1.34. The van der Waals surface area contributed by atoms with Gasteiger partial charge in [0.25, 0.3) is 17.0 Å². The molecule has 1 heterocycles. The van der Waals surface area contributed by atoms with Crippen LogP contribution in [0.25, 0.3) is 12.2 Å². The maximum Gasteiger partial charge on any atom is 0.274 e. The number of nitrogens with one attached hydrogen (secondary N) is 3. The summed E-state index contributed by atoms with van der Waals surface area (Å²) in [5.74, 6) is -0.0446. The Labute approximate surface area is 256 Å². The van der Waals surface area contributed by atoms with Crippen LogP contribution in [0.4, 0.5) is 0 Å². The Kier molecular flexibility index (Phi) is 9.79. The zero-order valence-electron chi connectivity index (χ0n) is 24.9. The minimum absolute atomic E-state index is 0.0263. The normalized spacial score (nSPS) is 12.8. The fourth-order valence-corrected chi connectivity index (χ4v) is 5.33. The highest BCUT2D eigenvalue weighted by Crippen LogP contribution is 2.29. The van der Waals surface area contributed by atoms with Gasteiger partial charge in [-0.05, 0) is 60.0 Å². The van der Waals surface area contributed by atoms with Crippen molar-refractivity contribution >= 4 is 18.1 Å². The van der Waals surface area contributed by atoms with E-state index in [4.69, 9.17) is 0 Å². The third-order valence-electron chi connectivity index (χ3n) is 7.78. The van der Waals surface area contributed by atoms with E-state index in [1.165, 1.54) is 15.7 Å². The van der Waals surface area contributed by atoms with Crippen LogP contribution < -0.4 is 32.5 Å². The molecular formula is C37H36N4O3. The SMILES string of the molecule is CNC(CNC(=O)c1cccc(C=c2[nH]c(=O)c(=Cc3ccccc3)n(C)c2=O)c1)CC(c1ccccc1)c1ccccc1. The molecule has 0 aliphatic heterocycles. The largest absolute Gasteiger partial charge is 0.350 e. The van der Waals surface area contributed by atoms with Gasteiger partial charge >= 0.3 is 0 Å². The lowest BCUT2D eigenvalue weighted by atomic mass is 9.86. The van der Waals surface area contributed by atoms with Gasteiger partial charge in [-0.1, -0.05) is 103 Å². The number of H-pyrrole nitrogens is 1. The van der Waals surface area contributed by atoms with Crippen LogP contribution in [0, 0.1) is 0 Å². The van der Waals surface area contributed by atoms with Gasteiger partial charge in [0.05, 0.1) is 0 Å². The Bertz CT molecular complexity index is 1910. The molecule has 0 bridgehead atoms. The second kappa shape index (κ2) is 14.3. The van der Waals surface area contributed by atoms with E-state index >= 15 is 0 Å². The first-order valence-electron chi connectivity index (χ1n) is 14.7. The lowest BCUT2D eigenvalue weighted by Gasteiger charge is -2.25. The van der Waals surface area contributed by atoms with Gasteiger partial charge in [0.15, 0.2) is 0 Å². The molecule has 4 aromatic carbocycles. The molecule has 3 N–H and O–H groups in total. The fourth-order valence-electron chi connectivity index (χ4n) is 5.33. The van der Waals surface area contributed by atoms with Crippen molar-refractivity contribution in [2.24, 2.45) is 7.05 Å². The monoisotopic (exact) mass is 584 g/mol. The molecule has 1 unspecified atom stereocenters. The van der Waals surface area contributed by atoms with Crippen molar-refractivity contribution in [2.75, 3.05) is 13.6 Å². The van der Waals surface area contributed by atoms with Crippen molar-refractivity contribution < 1.29 is 4.79 Å². The molecule has 0 aliphatic rings. The highest BCUT2D eigenvalue weighted by molar-refractivity contribution is 5.94. The minimum atomic E-state index is -0.376. The van der Waals surface area contributed by atoms with E-state index < -0.39 is 0 Å². The van der Waals surface area contributed by atoms with Crippen molar-refractivity contribution in [2.45, 2.75) is 18.4 Å². The van der Waals surface area contributed by atoms with Crippen LogP contribution in [0.5, 0.6) is 0 Å². The van der Waals surface area contributed by atoms with E-state index in [1.807, 2.05) is 49.5 Å². The molecule has 1 aromatic heterocycles. The molecule has 0 fully saturated rings. The average Bonchev–Trinajstić information content (AvgIpc) is 3.07. The van der Waals surface area contributed by atoms with E-state index in [9.17, 15) is 14.4 Å². The van der Waals surface area contributed by atoms with Crippen molar-refractivity contribution in [3.63, 3.8) is 0 Å². The topological polar surface area (TPSA) is 96.0 Å². The number of hydrogen-bond donors (Lipinski definition) is 3. The summed E-state index contributed by atoms with van der Waals surface area (Å²) in [4.78, 5) is 41.9. The summed E-state index contributed by atoms with van der Waals surface area (Å²) in [5, 5.41) is 6.83. The summed E-state index contributed by atoms with van der Waals surface area (Å²) >= 11 is 0. The Morgan fingerprint density at radius 2 is 1.39 bits per heavy atom. The molecule has 0 saturated heterocycles. The number of benzene rings is 4. The van der Waals surface area contributed by atoms with Crippen molar-refractivity contribution in [1.82, 2.24) is 20.2 Å². The number of rotatable bonds is 10. The van der Waals surface area contributed by atoms with Gasteiger partial charge in [-0.15, -0.1) is 0 Å². The van der Waals surface area contributed by atoms with Gasteiger partial charge < -0.3 is 20.2 Å². The highest BCUT2D eigenvalue weighted by Gasteiger charge is 2.20. The summed E-state index contributed by atoms with van der Waals surface area (Å²) in [5.41, 5.74) is 3.64. The summed E-state index contributed by atoms with van der Waals surface area (Å²) in [6, 6.07) is 37.2. The van der Waals surface area contributed by atoms with Crippen LogP contribution in [0.15, 0.2) is 125 Å². The Morgan fingerprint density at radius 3 is 2.00 bits per heavy atom. The number of aromatic amines is 1. The van der Waals surface area contributed by atoms with Gasteiger partial charge in [0.1, 0.15) is 10.7 Å². The van der Waals surface area contributed by atoms with E-state index in [-0.39, 0.29) is 39.7 Å². The standard InChI is InChI=1S/C37H36N4O3/c1-38-31(24-32(28-16-8-4-9-17-28)29-18-10-5-11-19-29)25-39-35(42)30-20-12-15-27(21-30)22-33-37(44)41(2)34(36(43)40-33)23-26-13-6-3-7-14-26/h3-23,31-32,38H,24-25H2,1-2H3,(H,39,42)(H,40,43). The molecule has 0 aliphatic carbocycles. The van der Waals surface area contributed by atoms with Gasteiger partial charge in [-0.3, -0.25) is 14.4 Å². The maximum atomic E-state index is 13.2. The van der Waals surface area contributed by atoms with Crippen LogP contribution in [-0.4, -0.2) is 35.1 Å². The van der Waals surface area contributed by atoms with Gasteiger partial charge in [-0.2, -0.15) is 0 Å². The molecule has 1 amide bonds. The Hall–Kier alpha value is -5.27. The molecule has 5 aromatic rings. The first-order chi connectivity index (χ1) is 21.4. The maximum absolute atomic E-state index is 13.2. The first kappa shape index (κ1) is 30.2. The number of likely N-dealkylation sites (N-methyl/N-ethyl adjacent to an activating group) is 1. The zero-order valence-corrected chi connectivity index (χ0v) is 24.9. The molecule has 5 rings (SSSR count). The van der Waals surface area contributed by atoms with E-state index in [0.29, 0.717) is 17.7 Å². The van der Waals surface area contributed by atoms with Crippen molar-refractivity contribution in [3.8, 4) is 0 Å². The second-order valence-corrected chi connectivity index (χ2v) is 10.7. The Balaban J connectivity index is 1.33. The van der Waals surface area contributed by atoms with E-state index in [2.05, 4.69) is 64.1 Å². The number of aromatic nitrogens is 2. The number of carbonyl (C=O) groups excluding carboxylic acids is 1. The molecule has 0 spiro atoms. The van der Waals surface area contributed by atoms with E-state index in [1.54, 1.807) is 43.5 Å². The van der Waals surface area contributed by atoms with Crippen LogP contribution in [0.1, 0.15) is 45.0 Å². The van der Waals surface area contributed by atoms with Gasteiger partial charge in [0.2, 0.25) is 0 Å². The molecule has 222 valence electrons. The summed E-state index contributed by atoms with van der Waals surface area (Å²) in [6.07, 6.45) is 4.07. The molecule has 1 atom stereocenters. The summed E-state index contributed by atoms with van der Waals surface area (Å²) in [7, 11) is 3.48. The minimum Gasteiger partial charge on any atom is -0.350 e. The lowest BCUT2D eigenvalue weighted by Crippen LogP contribution is -2.52. The predicted molar refractivity (Wildman–Crippen MR) is 176 cm³/mol. The predicted octanol–water partition coefficient (Wildman–Crippen LogP) is 3.27. The number of carbonyl (C=O) groups is 1. The third kappa shape index (κ3) is 7.38. The summed E-state index contributed by atoms with van der Waals surface area (Å²) in [6.45, 7) is 0.437. The molecule has 7 nitrogen and oxygen atoms in total. The molecule has 7 heteroatoms. The van der Waals surface area contributed by atoms with Gasteiger partial charge in [-0.25, -0.2) is 0 Å². The molecule has 0 saturated carbocycles. The number of nitrogens with zero attached hydrogens (tertiary/aromatic N) is 1. The van der Waals surface area contributed by atoms with Crippen LogP contribution in [-0.2, 0) is 7.05 Å².